The molecule has 0 amide bonds. The first kappa shape index (κ1) is 13.6. The van der Waals surface area contributed by atoms with E-state index in [0.29, 0.717) is 0 Å². The van der Waals surface area contributed by atoms with E-state index in [1.165, 1.54) is 5.56 Å². The Morgan fingerprint density at radius 2 is 1.17 bits per heavy atom. The van der Waals surface area contributed by atoms with Gasteiger partial charge in [-0.3, -0.25) is 0 Å². The molecule has 0 saturated heterocycles. The van der Waals surface area contributed by atoms with Gasteiger partial charge >= 0.3 is 0 Å². The summed E-state index contributed by atoms with van der Waals surface area (Å²) in [4.78, 5) is 0. The fourth-order valence-corrected chi connectivity index (χ4v) is 0.566. The highest BCUT2D eigenvalue weighted by atomic mass is 14.5. The van der Waals surface area contributed by atoms with Crippen LogP contribution in [0, 0.1) is 6.92 Å². The molecule has 0 saturated carbocycles. The summed E-state index contributed by atoms with van der Waals surface area (Å²) in [6.07, 6.45) is 0. The topological polar surface area (TPSA) is 26.0 Å². The maximum atomic E-state index is 5.43. The summed E-state index contributed by atoms with van der Waals surface area (Å²) in [6.45, 7) is 10.0. The lowest BCUT2D eigenvalue weighted by Crippen LogP contribution is -1.81. The van der Waals surface area contributed by atoms with Crippen LogP contribution in [-0.2, 0) is 0 Å². The third-order valence-electron chi connectivity index (χ3n) is 1.08. The van der Waals surface area contributed by atoms with Crippen molar-refractivity contribution in [3.8, 4) is 0 Å². The van der Waals surface area contributed by atoms with E-state index in [4.69, 9.17) is 5.73 Å². The van der Waals surface area contributed by atoms with Gasteiger partial charge in [0.1, 0.15) is 0 Å². The van der Waals surface area contributed by atoms with Crippen molar-refractivity contribution in [1.29, 1.82) is 0 Å². The molecule has 0 bridgehead atoms. The Labute approximate surface area is 76.6 Å². The lowest BCUT2D eigenvalue weighted by molar-refractivity contribution is 1.47. The Kier molecular flexibility index (Phi) is 11.4. The van der Waals surface area contributed by atoms with Crippen LogP contribution in [0.3, 0.4) is 0 Å². The third-order valence-corrected chi connectivity index (χ3v) is 1.08. The van der Waals surface area contributed by atoms with Crippen LogP contribution in [0.15, 0.2) is 24.3 Å². The van der Waals surface area contributed by atoms with Crippen molar-refractivity contribution in [2.75, 3.05) is 5.73 Å². The third kappa shape index (κ3) is 7.13. The first-order chi connectivity index (χ1) is 5.79. The van der Waals surface area contributed by atoms with E-state index >= 15 is 0 Å². The standard InChI is InChI=1S/C7H9N.2C2H6/c1-6-2-4-7(8)5-3-6;2*1-2/h2-5H,8H2,1H3;2*1-2H3. The molecule has 0 aliphatic carbocycles. The molecule has 0 aliphatic heterocycles. The van der Waals surface area contributed by atoms with Crippen LogP contribution in [0.4, 0.5) is 5.69 Å². The Morgan fingerprint density at radius 3 is 1.42 bits per heavy atom. The molecular weight excluding hydrogens is 146 g/mol. The van der Waals surface area contributed by atoms with Gasteiger partial charge in [0, 0.05) is 5.69 Å². The van der Waals surface area contributed by atoms with Crippen LogP contribution in [0.25, 0.3) is 0 Å². The average Bonchev–Trinajstić information content (AvgIpc) is 2.17. The van der Waals surface area contributed by atoms with Crippen molar-refractivity contribution in [3.05, 3.63) is 29.8 Å². The molecule has 0 atom stereocenters. The summed E-state index contributed by atoms with van der Waals surface area (Å²) in [7, 11) is 0. The predicted octanol–water partition coefficient (Wildman–Crippen LogP) is 3.63. The van der Waals surface area contributed by atoms with E-state index in [-0.39, 0.29) is 0 Å². The maximum Gasteiger partial charge on any atom is 0.0314 e. The van der Waals surface area contributed by atoms with Crippen molar-refractivity contribution in [2.45, 2.75) is 34.6 Å². The molecule has 1 heteroatoms. The first-order valence-electron chi connectivity index (χ1n) is 4.61. The Hall–Kier alpha value is -0.980. The van der Waals surface area contributed by atoms with E-state index < -0.39 is 0 Å². The lowest BCUT2D eigenvalue weighted by atomic mass is 10.2. The average molecular weight is 167 g/mol. The lowest BCUT2D eigenvalue weighted by Gasteiger charge is -1.90. The first-order valence-corrected chi connectivity index (χ1v) is 4.61. The normalized spacial score (nSPS) is 7.08. The molecule has 0 radical (unpaired) electrons. The van der Waals surface area contributed by atoms with E-state index in [1.807, 2.05) is 58.9 Å². The number of rotatable bonds is 0. The number of anilines is 1. The van der Waals surface area contributed by atoms with Crippen molar-refractivity contribution in [3.63, 3.8) is 0 Å². The molecule has 0 heterocycles. The van der Waals surface area contributed by atoms with E-state index in [1.54, 1.807) is 0 Å². The van der Waals surface area contributed by atoms with Crippen molar-refractivity contribution < 1.29 is 0 Å². The van der Waals surface area contributed by atoms with Crippen LogP contribution >= 0.6 is 0 Å². The summed E-state index contributed by atoms with van der Waals surface area (Å²) in [5, 5.41) is 0. The summed E-state index contributed by atoms with van der Waals surface area (Å²) in [6, 6.07) is 7.79. The van der Waals surface area contributed by atoms with Crippen LogP contribution in [-0.4, -0.2) is 0 Å². The van der Waals surface area contributed by atoms with E-state index in [9.17, 15) is 0 Å². The molecule has 0 aromatic heterocycles. The molecular formula is C11H21N. The molecule has 1 rings (SSSR count). The number of hydrogen-bond acceptors (Lipinski definition) is 1. The van der Waals surface area contributed by atoms with Gasteiger partial charge in [-0.25, -0.2) is 0 Å². The smallest absolute Gasteiger partial charge is 0.0314 e. The van der Waals surface area contributed by atoms with Crippen LogP contribution in [0.2, 0.25) is 0 Å². The van der Waals surface area contributed by atoms with Crippen molar-refractivity contribution >= 4 is 5.69 Å². The highest BCUT2D eigenvalue weighted by Crippen LogP contribution is 2.02. The minimum absolute atomic E-state index is 0.829. The Morgan fingerprint density at radius 1 is 0.833 bits per heavy atom. The fraction of sp³-hybridized carbons (Fsp3) is 0.455. The molecule has 0 aliphatic rings. The number of benzene rings is 1. The van der Waals surface area contributed by atoms with E-state index in [0.717, 1.165) is 5.69 Å². The SMILES string of the molecule is CC.CC.Cc1ccc(N)cc1. The zero-order valence-electron chi connectivity index (χ0n) is 8.89. The summed E-state index contributed by atoms with van der Waals surface area (Å²) in [5.41, 5.74) is 7.51. The van der Waals surface area contributed by atoms with Crippen LogP contribution in [0.1, 0.15) is 33.3 Å². The monoisotopic (exact) mass is 167 g/mol. The number of nitrogen functional groups attached to an aromatic ring is 1. The van der Waals surface area contributed by atoms with Gasteiger partial charge in [-0.15, -0.1) is 0 Å². The predicted molar refractivity (Wildman–Crippen MR) is 58.3 cm³/mol. The molecule has 1 aromatic carbocycles. The molecule has 1 nitrogen and oxygen atoms in total. The zero-order chi connectivity index (χ0) is 9.98. The van der Waals surface area contributed by atoms with Gasteiger partial charge in [0.2, 0.25) is 0 Å². The van der Waals surface area contributed by atoms with Gasteiger partial charge in [-0.2, -0.15) is 0 Å². The second-order valence-electron chi connectivity index (χ2n) is 1.91. The van der Waals surface area contributed by atoms with Crippen molar-refractivity contribution in [2.24, 2.45) is 0 Å². The minimum Gasteiger partial charge on any atom is -0.399 e. The molecule has 0 fully saturated rings. The largest absolute Gasteiger partial charge is 0.399 e. The molecule has 0 unspecified atom stereocenters. The highest BCUT2D eigenvalue weighted by Gasteiger charge is 1.80. The molecule has 12 heavy (non-hydrogen) atoms. The van der Waals surface area contributed by atoms with Crippen molar-refractivity contribution in [1.82, 2.24) is 0 Å². The van der Waals surface area contributed by atoms with Crippen LogP contribution in [0.5, 0.6) is 0 Å². The molecule has 0 spiro atoms. The molecule has 2 N–H and O–H groups in total. The van der Waals surface area contributed by atoms with Gasteiger partial charge in [0.05, 0.1) is 0 Å². The van der Waals surface area contributed by atoms with Gasteiger partial charge in [0.25, 0.3) is 0 Å². The van der Waals surface area contributed by atoms with Gasteiger partial charge in [-0.1, -0.05) is 45.4 Å². The minimum atomic E-state index is 0.829. The second kappa shape index (κ2) is 10.0. The quantitative estimate of drug-likeness (QED) is 0.587. The van der Waals surface area contributed by atoms with Gasteiger partial charge < -0.3 is 5.73 Å². The Bertz CT molecular complexity index is 144. The maximum absolute atomic E-state index is 5.43. The van der Waals surface area contributed by atoms with Gasteiger partial charge in [-0.05, 0) is 19.1 Å². The number of nitrogens with two attached hydrogens (primary N) is 1. The second-order valence-corrected chi connectivity index (χ2v) is 1.91. The highest BCUT2D eigenvalue weighted by molar-refractivity contribution is 5.38. The van der Waals surface area contributed by atoms with Crippen LogP contribution < -0.4 is 5.73 Å². The van der Waals surface area contributed by atoms with Gasteiger partial charge in [0.15, 0.2) is 0 Å². The Balaban J connectivity index is 0. The number of hydrogen-bond donors (Lipinski definition) is 1. The number of aryl methyl sites for hydroxylation is 1. The summed E-state index contributed by atoms with van der Waals surface area (Å²) in [5.74, 6) is 0. The molecule has 70 valence electrons. The zero-order valence-corrected chi connectivity index (χ0v) is 8.89. The summed E-state index contributed by atoms with van der Waals surface area (Å²) >= 11 is 0. The van der Waals surface area contributed by atoms with E-state index in [2.05, 4.69) is 0 Å². The molecule has 1 aromatic rings. The summed E-state index contributed by atoms with van der Waals surface area (Å²) < 4.78 is 0. The fourth-order valence-electron chi connectivity index (χ4n) is 0.566.